The minimum Gasteiger partial charge on any atom is -0.0654 e. The highest BCUT2D eigenvalue weighted by molar-refractivity contribution is 5.33. The van der Waals surface area contributed by atoms with Crippen LogP contribution >= 0.6 is 0 Å². The highest BCUT2D eigenvalue weighted by Gasteiger charge is 2.85. The Hall–Kier alpha value is 0. The topological polar surface area (TPSA) is 0 Å². The van der Waals surface area contributed by atoms with Gasteiger partial charge in [0.2, 0.25) is 0 Å². The van der Waals surface area contributed by atoms with E-state index in [0.717, 1.165) is 5.92 Å². The molecule has 0 aliphatic heterocycles. The summed E-state index contributed by atoms with van der Waals surface area (Å²) in [4.78, 5) is 0. The molecule has 0 radical (unpaired) electrons. The summed E-state index contributed by atoms with van der Waals surface area (Å²) < 4.78 is 0. The molecule has 0 nitrogen and oxygen atoms in total. The first-order valence-corrected chi connectivity index (χ1v) is 5.94. The number of hydrogen-bond acceptors (Lipinski definition) is 0. The van der Waals surface area contributed by atoms with E-state index in [4.69, 9.17) is 0 Å². The average Bonchev–Trinajstić information content (AvgIpc) is 2.40. The van der Waals surface area contributed by atoms with Gasteiger partial charge in [-0.1, -0.05) is 47.5 Å². The fourth-order valence-electron chi connectivity index (χ4n) is 4.63. The fraction of sp³-hybridized carbons (Fsp3) is 1.00. The minimum atomic E-state index is 0.676. The molecular formula is C13H24. The van der Waals surface area contributed by atoms with E-state index in [-0.39, 0.29) is 0 Å². The van der Waals surface area contributed by atoms with Crippen molar-refractivity contribution in [3.8, 4) is 0 Å². The number of rotatable bonds is 3. The van der Waals surface area contributed by atoms with Crippen LogP contribution in [0.2, 0.25) is 0 Å². The maximum absolute atomic E-state index is 2.53. The van der Waals surface area contributed by atoms with Crippen LogP contribution in [0, 0.1) is 22.2 Å². The predicted octanol–water partition coefficient (Wildman–Crippen LogP) is 4.25. The molecular weight excluding hydrogens is 156 g/mol. The van der Waals surface area contributed by atoms with Crippen LogP contribution in [-0.4, -0.2) is 0 Å². The molecule has 0 saturated heterocycles. The largest absolute Gasteiger partial charge is 0.0654 e. The molecule has 0 aromatic heterocycles. The van der Waals surface area contributed by atoms with E-state index in [9.17, 15) is 0 Å². The third-order valence-electron chi connectivity index (χ3n) is 6.18. The monoisotopic (exact) mass is 180 g/mol. The zero-order valence-electron chi connectivity index (χ0n) is 9.91. The van der Waals surface area contributed by atoms with Crippen molar-refractivity contribution in [1.82, 2.24) is 0 Å². The van der Waals surface area contributed by atoms with Crippen LogP contribution in [0.1, 0.15) is 60.3 Å². The molecule has 2 aliphatic rings. The summed E-state index contributed by atoms with van der Waals surface area (Å²) in [6, 6.07) is 0. The van der Waals surface area contributed by atoms with Gasteiger partial charge in [0.1, 0.15) is 0 Å². The Kier molecular flexibility index (Phi) is 1.71. The maximum Gasteiger partial charge on any atom is -0.0181 e. The number of unbranched alkanes of at least 4 members (excludes halogenated alkanes) is 1. The molecule has 4 unspecified atom stereocenters. The zero-order valence-corrected chi connectivity index (χ0v) is 9.91. The Balaban J connectivity index is 2.11. The van der Waals surface area contributed by atoms with E-state index >= 15 is 0 Å². The first kappa shape index (κ1) is 9.55. The van der Waals surface area contributed by atoms with Crippen molar-refractivity contribution in [2.75, 3.05) is 0 Å². The molecule has 0 N–H and O–H groups in total. The molecule has 0 bridgehead atoms. The van der Waals surface area contributed by atoms with E-state index in [1.54, 1.807) is 0 Å². The summed E-state index contributed by atoms with van der Waals surface area (Å²) in [5, 5.41) is 0. The molecule has 0 spiro atoms. The Labute approximate surface area is 83.1 Å². The average molecular weight is 180 g/mol. The Morgan fingerprint density at radius 2 is 1.85 bits per heavy atom. The summed E-state index contributed by atoms with van der Waals surface area (Å²) in [5.41, 5.74) is 2.07. The third-order valence-corrected chi connectivity index (χ3v) is 6.18. The highest BCUT2D eigenvalue weighted by atomic mass is 14.9. The fourth-order valence-corrected chi connectivity index (χ4v) is 4.63. The summed E-state index contributed by atoms with van der Waals surface area (Å²) in [5.74, 6) is 0.972. The molecule has 2 fully saturated rings. The van der Waals surface area contributed by atoms with Crippen molar-refractivity contribution in [2.24, 2.45) is 22.2 Å². The minimum absolute atomic E-state index is 0.676. The van der Waals surface area contributed by atoms with Crippen LogP contribution in [0.4, 0.5) is 0 Å². The molecule has 0 aromatic carbocycles. The third kappa shape index (κ3) is 0.714. The van der Waals surface area contributed by atoms with Crippen molar-refractivity contribution in [2.45, 2.75) is 60.3 Å². The van der Waals surface area contributed by atoms with Gasteiger partial charge in [-0.15, -0.1) is 0 Å². The van der Waals surface area contributed by atoms with Crippen LogP contribution in [0.5, 0.6) is 0 Å². The summed E-state index contributed by atoms with van der Waals surface area (Å²) >= 11 is 0. The van der Waals surface area contributed by atoms with Gasteiger partial charge in [-0.05, 0) is 35.0 Å². The van der Waals surface area contributed by atoms with Crippen molar-refractivity contribution in [3.63, 3.8) is 0 Å². The van der Waals surface area contributed by atoms with Crippen LogP contribution in [-0.2, 0) is 0 Å². The first-order chi connectivity index (χ1) is 5.94. The van der Waals surface area contributed by atoms with Crippen LogP contribution < -0.4 is 0 Å². The van der Waals surface area contributed by atoms with E-state index in [0.29, 0.717) is 16.2 Å². The second-order valence-corrected chi connectivity index (χ2v) is 6.08. The lowest BCUT2D eigenvalue weighted by molar-refractivity contribution is 0.119. The zero-order chi connectivity index (χ0) is 9.91. The normalized spacial score (nSPS) is 58.4. The van der Waals surface area contributed by atoms with E-state index in [2.05, 4.69) is 34.6 Å². The van der Waals surface area contributed by atoms with Gasteiger partial charge in [0.15, 0.2) is 0 Å². The molecule has 2 saturated carbocycles. The van der Waals surface area contributed by atoms with E-state index in [1.807, 2.05) is 0 Å². The van der Waals surface area contributed by atoms with Gasteiger partial charge >= 0.3 is 0 Å². The first-order valence-electron chi connectivity index (χ1n) is 5.94. The maximum atomic E-state index is 2.53. The molecule has 76 valence electrons. The lowest BCUT2D eigenvalue weighted by atomic mass is 9.68. The van der Waals surface area contributed by atoms with Crippen LogP contribution in [0.15, 0.2) is 0 Å². The number of hydrogen-bond donors (Lipinski definition) is 0. The van der Waals surface area contributed by atoms with Crippen molar-refractivity contribution >= 4 is 0 Å². The lowest BCUT2D eigenvalue weighted by Gasteiger charge is -2.37. The van der Waals surface area contributed by atoms with Crippen molar-refractivity contribution in [1.29, 1.82) is 0 Å². The molecule has 4 atom stereocenters. The molecule has 2 rings (SSSR count). The molecule has 2 aliphatic carbocycles. The van der Waals surface area contributed by atoms with Crippen molar-refractivity contribution < 1.29 is 0 Å². The Bertz CT molecular complexity index is 232. The highest BCUT2D eigenvalue weighted by Crippen LogP contribution is 2.91. The number of fused-ring (bicyclic) bond motifs is 1. The van der Waals surface area contributed by atoms with Gasteiger partial charge in [0, 0.05) is 0 Å². The molecule has 0 aromatic rings. The Morgan fingerprint density at radius 3 is 2.15 bits per heavy atom. The summed E-state index contributed by atoms with van der Waals surface area (Å²) in [7, 11) is 0. The molecule has 0 heterocycles. The smallest absolute Gasteiger partial charge is 0.0181 e. The van der Waals surface area contributed by atoms with Gasteiger partial charge in [-0.25, -0.2) is 0 Å². The molecule has 13 heavy (non-hydrogen) atoms. The van der Waals surface area contributed by atoms with Crippen molar-refractivity contribution in [3.05, 3.63) is 0 Å². The SMILES string of the molecule is CCCCC1(C)C2(C)CC(C)C12C. The molecule has 0 amide bonds. The standard InChI is InChI=1S/C13H24/c1-6-7-8-11(3)12(4)9-10(2)13(11,12)5/h10H,6-9H2,1-5H3. The second kappa shape index (κ2) is 2.32. The van der Waals surface area contributed by atoms with E-state index < -0.39 is 0 Å². The van der Waals surface area contributed by atoms with Gasteiger partial charge < -0.3 is 0 Å². The van der Waals surface area contributed by atoms with Gasteiger partial charge in [-0.2, -0.15) is 0 Å². The van der Waals surface area contributed by atoms with Crippen LogP contribution in [0.25, 0.3) is 0 Å². The van der Waals surface area contributed by atoms with Gasteiger partial charge in [0.05, 0.1) is 0 Å². The van der Waals surface area contributed by atoms with Gasteiger partial charge in [-0.3, -0.25) is 0 Å². The Morgan fingerprint density at radius 1 is 1.23 bits per heavy atom. The van der Waals surface area contributed by atoms with Gasteiger partial charge in [0.25, 0.3) is 0 Å². The lowest BCUT2D eigenvalue weighted by Crippen LogP contribution is -2.29. The summed E-state index contributed by atoms with van der Waals surface area (Å²) in [6.07, 6.45) is 5.72. The quantitative estimate of drug-likeness (QED) is 0.609. The van der Waals surface area contributed by atoms with E-state index in [1.165, 1.54) is 25.7 Å². The predicted molar refractivity (Wildman–Crippen MR) is 57.6 cm³/mol. The molecule has 0 heteroatoms. The van der Waals surface area contributed by atoms with Crippen LogP contribution in [0.3, 0.4) is 0 Å². The summed E-state index contributed by atoms with van der Waals surface area (Å²) in [6.45, 7) is 12.3. The second-order valence-electron chi connectivity index (χ2n) is 6.08.